The monoisotopic (exact) mass is 353 g/mol. The molecule has 0 amide bonds. The van der Waals surface area contributed by atoms with Gasteiger partial charge in [-0.25, -0.2) is 13.1 Å². The zero-order chi connectivity index (χ0) is 17.0. The summed E-state index contributed by atoms with van der Waals surface area (Å²) in [4.78, 5) is 0.0320. The van der Waals surface area contributed by atoms with Crippen molar-refractivity contribution in [3.8, 4) is 5.75 Å². The van der Waals surface area contributed by atoms with Gasteiger partial charge in [0.05, 0.1) is 7.11 Å². The van der Waals surface area contributed by atoms with Crippen molar-refractivity contribution in [1.29, 1.82) is 0 Å². The van der Waals surface area contributed by atoms with Crippen LogP contribution in [0.15, 0.2) is 47.4 Å². The minimum absolute atomic E-state index is 0.0320. The van der Waals surface area contributed by atoms with Crippen molar-refractivity contribution >= 4 is 21.6 Å². The lowest BCUT2D eigenvalue weighted by Crippen LogP contribution is -2.27. The fourth-order valence-electron chi connectivity index (χ4n) is 2.27. The van der Waals surface area contributed by atoms with Gasteiger partial charge in [0.25, 0.3) is 0 Å². The Morgan fingerprint density at radius 2 is 1.83 bits per heavy atom. The maximum atomic E-state index is 12.6. The van der Waals surface area contributed by atoms with E-state index in [0.29, 0.717) is 5.02 Å². The molecule has 6 heteroatoms. The summed E-state index contributed by atoms with van der Waals surface area (Å²) in [6.07, 6.45) is 0.945. The Bertz CT molecular complexity index is 773. The van der Waals surface area contributed by atoms with Gasteiger partial charge in [0.15, 0.2) is 0 Å². The van der Waals surface area contributed by atoms with Crippen molar-refractivity contribution in [3.05, 3.63) is 58.6 Å². The number of nitrogens with one attached hydrogen (secondary N) is 1. The maximum Gasteiger partial charge on any atom is 0.244 e. The highest BCUT2D eigenvalue weighted by Gasteiger charge is 2.22. The Morgan fingerprint density at radius 1 is 1.17 bits per heavy atom. The van der Waals surface area contributed by atoms with E-state index in [2.05, 4.69) is 11.6 Å². The SMILES string of the molecule is CCc1ccc([C@@H](C)NS(=O)(=O)c2cc(Cl)ccc2OC)cc1. The second kappa shape index (κ2) is 7.34. The molecule has 0 aliphatic rings. The molecule has 1 N–H and O–H groups in total. The molecular weight excluding hydrogens is 334 g/mol. The van der Waals surface area contributed by atoms with Gasteiger partial charge in [-0.2, -0.15) is 0 Å². The molecule has 0 fully saturated rings. The molecule has 0 aromatic heterocycles. The predicted octanol–water partition coefficient (Wildman–Crippen LogP) is 3.95. The van der Waals surface area contributed by atoms with Crippen LogP contribution in [-0.4, -0.2) is 15.5 Å². The summed E-state index contributed by atoms with van der Waals surface area (Å²) in [7, 11) is -2.32. The Morgan fingerprint density at radius 3 is 2.39 bits per heavy atom. The highest BCUT2D eigenvalue weighted by atomic mass is 35.5. The molecule has 2 aromatic rings. The van der Waals surface area contributed by atoms with Crippen LogP contribution in [0.2, 0.25) is 5.02 Å². The molecule has 0 spiro atoms. The summed E-state index contributed by atoms with van der Waals surface area (Å²) in [5.41, 5.74) is 2.10. The van der Waals surface area contributed by atoms with Gasteiger partial charge in [-0.1, -0.05) is 42.8 Å². The summed E-state index contributed by atoms with van der Waals surface area (Å²) < 4.78 is 33.0. The molecule has 2 rings (SSSR count). The third kappa shape index (κ3) is 4.25. The summed E-state index contributed by atoms with van der Waals surface area (Å²) in [5.74, 6) is 0.260. The van der Waals surface area contributed by atoms with Crippen LogP contribution in [0.25, 0.3) is 0 Å². The highest BCUT2D eigenvalue weighted by molar-refractivity contribution is 7.89. The lowest BCUT2D eigenvalue weighted by molar-refractivity contribution is 0.402. The molecular formula is C17H20ClNO3S. The third-order valence-electron chi connectivity index (χ3n) is 3.64. The Labute approximate surface area is 142 Å². The summed E-state index contributed by atoms with van der Waals surface area (Å²) in [6.45, 7) is 3.88. The number of ether oxygens (including phenoxy) is 1. The number of benzene rings is 2. The highest BCUT2D eigenvalue weighted by Crippen LogP contribution is 2.28. The molecule has 0 heterocycles. The van der Waals surface area contributed by atoms with E-state index in [1.165, 1.54) is 24.8 Å². The van der Waals surface area contributed by atoms with E-state index in [1.807, 2.05) is 24.3 Å². The standard InChI is InChI=1S/C17H20ClNO3S/c1-4-13-5-7-14(8-6-13)12(2)19-23(20,21)17-11-15(18)9-10-16(17)22-3/h5-12,19H,4H2,1-3H3/t12-/m1/s1. The third-order valence-corrected chi connectivity index (χ3v) is 5.43. The molecule has 4 nitrogen and oxygen atoms in total. The molecule has 0 aliphatic carbocycles. The number of sulfonamides is 1. The Hall–Kier alpha value is -1.56. The van der Waals surface area contributed by atoms with Gasteiger partial charge in [-0.3, -0.25) is 0 Å². The van der Waals surface area contributed by atoms with Crippen molar-refractivity contribution in [3.63, 3.8) is 0 Å². The van der Waals surface area contributed by atoms with Crippen LogP contribution in [0.4, 0.5) is 0 Å². The smallest absolute Gasteiger partial charge is 0.244 e. The summed E-state index contributed by atoms with van der Waals surface area (Å²) >= 11 is 5.92. The van der Waals surface area contributed by atoms with E-state index in [1.54, 1.807) is 13.0 Å². The number of rotatable bonds is 6. The first-order valence-corrected chi connectivity index (χ1v) is 9.18. The van der Waals surface area contributed by atoms with Gasteiger partial charge < -0.3 is 4.74 Å². The van der Waals surface area contributed by atoms with Crippen molar-refractivity contribution in [2.75, 3.05) is 7.11 Å². The predicted molar refractivity (Wildman–Crippen MR) is 92.6 cm³/mol. The van der Waals surface area contributed by atoms with E-state index in [4.69, 9.17) is 16.3 Å². The fraction of sp³-hybridized carbons (Fsp3) is 0.294. The van der Waals surface area contributed by atoms with Crippen LogP contribution in [0.1, 0.15) is 31.0 Å². The van der Waals surface area contributed by atoms with Crippen LogP contribution in [-0.2, 0) is 16.4 Å². The molecule has 0 bridgehead atoms. The van der Waals surface area contributed by atoms with Gasteiger partial charge in [0.2, 0.25) is 10.0 Å². The Balaban J connectivity index is 2.28. The lowest BCUT2D eigenvalue weighted by atomic mass is 10.1. The van der Waals surface area contributed by atoms with Crippen LogP contribution in [0, 0.1) is 0 Å². The van der Waals surface area contributed by atoms with Gasteiger partial charge in [-0.15, -0.1) is 0 Å². The Kier molecular flexibility index (Phi) is 5.68. The number of hydrogen-bond acceptors (Lipinski definition) is 3. The summed E-state index contributed by atoms with van der Waals surface area (Å²) in [6, 6.07) is 12.0. The average molecular weight is 354 g/mol. The minimum Gasteiger partial charge on any atom is -0.495 e. The summed E-state index contributed by atoms with van der Waals surface area (Å²) in [5, 5.41) is 0.339. The molecule has 124 valence electrons. The number of halogens is 1. The lowest BCUT2D eigenvalue weighted by Gasteiger charge is -2.17. The van der Waals surface area contributed by atoms with Gasteiger partial charge >= 0.3 is 0 Å². The average Bonchev–Trinajstić information content (AvgIpc) is 2.54. The molecule has 0 saturated carbocycles. The minimum atomic E-state index is -3.75. The first kappa shape index (κ1) is 17.8. The van der Waals surface area contributed by atoms with Crippen LogP contribution in [0.3, 0.4) is 0 Å². The quantitative estimate of drug-likeness (QED) is 0.855. The molecule has 23 heavy (non-hydrogen) atoms. The van der Waals surface area contributed by atoms with Gasteiger partial charge in [-0.05, 0) is 42.7 Å². The van der Waals surface area contributed by atoms with E-state index in [9.17, 15) is 8.42 Å². The van der Waals surface area contributed by atoms with E-state index in [-0.39, 0.29) is 16.7 Å². The second-order valence-corrected chi connectivity index (χ2v) is 7.35. The van der Waals surface area contributed by atoms with Crippen LogP contribution >= 0.6 is 11.6 Å². The molecule has 0 radical (unpaired) electrons. The molecule has 1 atom stereocenters. The topological polar surface area (TPSA) is 55.4 Å². The largest absolute Gasteiger partial charge is 0.495 e. The van der Waals surface area contributed by atoms with Crippen molar-refractivity contribution in [2.24, 2.45) is 0 Å². The maximum absolute atomic E-state index is 12.6. The van der Waals surface area contributed by atoms with E-state index in [0.717, 1.165) is 12.0 Å². The van der Waals surface area contributed by atoms with Crippen LogP contribution < -0.4 is 9.46 Å². The van der Waals surface area contributed by atoms with E-state index >= 15 is 0 Å². The molecule has 2 aromatic carbocycles. The van der Waals surface area contributed by atoms with Crippen molar-refractivity contribution < 1.29 is 13.2 Å². The van der Waals surface area contributed by atoms with E-state index < -0.39 is 10.0 Å². The van der Waals surface area contributed by atoms with Gasteiger partial charge in [0.1, 0.15) is 10.6 Å². The van der Waals surface area contributed by atoms with Gasteiger partial charge in [0, 0.05) is 11.1 Å². The number of hydrogen-bond donors (Lipinski definition) is 1. The normalized spacial score (nSPS) is 12.9. The first-order valence-electron chi connectivity index (χ1n) is 7.32. The van der Waals surface area contributed by atoms with Crippen LogP contribution in [0.5, 0.6) is 5.75 Å². The molecule has 0 unspecified atom stereocenters. The molecule has 0 saturated heterocycles. The molecule has 0 aliphatic heterocycles. The number of aryl methyl sites for hydroxylation is 1. The fourth-order valence-corrected chi connectivity index (χ4v) is 3.93. The van der Waals surface area contributed by atoms with Crippen molar-refractivity contribution in [2.45, 2.75) is 31.2 Å². The van der Waals surface area contributed by atoms with Crippen molar-refractivity contribution in [1.82, 2.24) is 4.72 Å². The zero-order valence-electron chi connectivity index (χ0n) is 13.3. The zero-order valence-corrected chi connectivity index (χ0v) is 14.9. The number of methoxy groups -OCH3 is 1. The first-order chi connectivity index (χ1) is 10.9. The second-order valence-electron chi connectivity index (χ2n) is 5.23.